The van der Waals surface area contributed by atoms with Crippen molar-refractivity contribution >= 4 is 0 Å². The lowest BCUT2D eigenvalue weighted by atomic mass is 10.4. The fourth-order valence-corrected chi connectivity index (χ4v) is 0.363. The van der Waals surface area contributed by atoms with Crippen molar-refractivity contribution in [3.63, 3.8) is 0 Å². The van der Waals surface area contributed by atoms with Crippen molar-refractivity contribution in [2.24, 2.45) is 0 Å². The van der Waals surface area contributed by atoms with E-state index in [0.717, 1.165) is 0 Å². The molecule has 1 rings (SSSR count). The molecular weight excluding hydrogens is 92.1 g/mol. The van der Waals surface area contributed by atoms with Crippen LogP contribution in [-0.2, 0) is 0 Å². The highest BCUT2D eigenvalue weighted by Crippen LogP contribution is 2.10. The van der Waals surface area contributed by atoms with Gasteiger partial charge in [0.1, 0.15) is 0 Å². The standard InChI is InChI=1S/C5H5O2/c1-4-2-5(6)7-3-4/h2-3,6H,1H2. The van der Waals surface area contributed by atoms with Crippen molar-refractivity contribution < 1.29 is 9.52 Å². The summed E-state index contributed by atoms with van der Waals surface area (Å²) in [7, 11) is 0. The fraction of sp³-hybridized carbons (Fsp3) is 0. The molecule has 2 heteroatoms. The molecule has 1 aromatic rings. The summed E-state index contributed by atoms with van der Waals surface area (Å²) in [5, 5.41) is 8.45. The first-order valence-electron chi connectivity index (χ1n) is 1.88. The topological polar surface area (TPSA) is 33.4 Å². The summed E-state index contributed by atoms with van der Waals surface area (Å²) >= 11 is 0. The van der Waals surface area contributed by atoms with E-state index >= 15 is 0 Å². The lowest BCUT2D eigenvalue weighted by molar-refractivity contribution is 0.332. The van der Waals surface area contributed by atoms with Gasteiger partial charge in [0.2, 0.25) is 0 Å². The van der Waals surface area contributed by atoms with E-state index in [2.05, 4.69) is 11.3 Å². The fourth-order valence-electron chi connectivity index (χ4n) is 0.363. The van der Waals surface area contributed by atoms with Gasteiger partial charge in [-0.05, 0) is 12.5 Å². The average molecular weight is 97.1 g/mol. The van der Waals surface area contributed by atoms with E-state index in [1.807, 2.05) is 0 Å². The molecule has 0 saturated carbocycles. The summed E-state index contributed by atoms with van der Waals surface area (Å²) in [4.78, 5) is 0. The molecule has 0 amide bonds. The number of furan rings is 1. The predicted octanol–water partition coefficient (Wildman–Crippen LogP) is 1.17. The van der Waals surface area contributed by atoms with Crippen molar-refractivity contribution in [2.75, 3.05) is 0 Å². The first kappa shape index (κ1) is 4.24. The van der Waals surface area contributed by atoms with Crippen LogP contribution in [0.4, 0.5) is 0 Å². The Morgan fingerprint density at radius 2 is 2.43 bits per heavy atom. The van der Waals surface area contributed by atoms with Gasteiger partial charge >= 0.3 is 0 Å². The SMILES string of the molecule is [CH2]c1coc(O)c1. The summed E-state index contributed by atoms with van der Waals surface area (Å²) in [5.74, 6) is -0.0787. The molecule has 0 saturated heterocycles. The highest BCUT2D eigenvalue weighted by Gasteiger charge is 1.89. The quantitative estimate of drug-likeness (QED) is 0.527. The molecule has 37 valence electrons. The van der Waals surface area contributed by atoms with Crippen molar-refractivity contribution in [1.82, 2.24) is 0 Å². The van der Waals surface area contributed by atoms with Gasteiger partial charge in [-0.25, -0.2) is 0 Å². The van der Waals surface area contributed by atoms with Crippen LogP contribution in [0.3, 0.4) is 0 Å². The van der Waals surface area contributed by atoms with Crippen LogP contribution in [0.15, 0.2) is 16.7 Å². The number of aromatic hydroxyl groups is 1. The highest BCUT2D eigenvalue weighted by atomic mass is 16.5. The van der Waals surface area contributed by atoms with Gasteiger partial charge in [0, 0.05) is 6.07 Å². The van der Waals surface area contributed by atoms with E-state index in [1.165, 1.54) is 12.3 Å². The number of hydrogen-bond donors (Lipinski definition) is 1. The van der Waals surface area contributed by atoms with Crippen LogP contribution in [0.25, 0.3) is 0 Å². The van der Waals surface area contributed by atoms with Crippen LogP contribution in [0.1, 0.15) is 5.56 Å². The molecule has 0 atom stereocenters. The van der Waals surface area contributed by atoms with E-state index in [-0.39, 0.29) is 5.95 Å². The molecule has 1 N–H and O–H groups in total. The van der Waals surface area contributed by atoms with Gasteiger partial charge < -0.3 is 9.52 Å². The largest absolute Gasteiger partial charge is 0.481 e. The molecule has 0 aliphatic carbocycles. The highest BCUT2D eigenvalue weighted by molar-refractivity contribution is 5.17. The molecule has 0 fully saturated rings. The molecule has 0 bridgehead atoms. The lowest BCUT2D eigenvalue weighted by Gasteiger charge is -1.69. The maximum atomic E-state index is 8.45. The number of rotatable bonds is 0. The second kappa shape index (κ2) is 1.30. The Morgan fingerprint density at radius 3 is 2.57 bits per heavy atom. The Balaban J connectivity index is 3.04. The molecular formula is C5H5O2. The normalized spacial score (nSPS) is 9.29. The van der Waals surface area contributed by atoms with Crippen LogP contribution in [0.2, 0.25) is 0 Å². The maximum absolute atomic E-state index is 8.45. The van der Waals surface area contributed by atoms with Gasteiger partial charge in [-0.2, -0.15) is 0 Å². The average Bonchev–Trinajstić information content (AvgIpc) is 1.87. The summed E-state index contributed by atoms with van der Waals surface area (Å²) in [6, 6.07) is 1.44. The van der Waals surface area contributed by atoms with E-state index in [9.17, 15) is 0 Å². The molecule has 0 aliphatic rings. The molecule has 1 radical (unpaired) electrons. The van der Waals surface area contributed by atoms with E-state index in [1.54, 1.807) is 0 Å². The van der Waals surface area contributed by atoms with Crippen molar-refractivity contribution in [3.05, 3.63) is 24.8 Å². The third kappa shape index (κ3) is 0.738. The summed E-state index contributed by atoms with van der Waals surface area (Å²) in [6.07, 6.45) is 1.38. The zero-order chi connectivity index (χ0) is 5.28. The van der Waals surface area contributed by atoms with E-state index in [0.29, 0.717) is 5.56 Å². The molecule has 0 unspecified atom stereocenters. The van der Waals surface area contributed by atoms with Crippen LogP contribution in [-0.4, -0.2) is 5.11 Å². The molecule has 1 aromatic heterocycles. The Morgan fingerprint density at radius 1 is 1.71 bits per heavy atom. The maximum Gasteiger partial charge on any atom is 0.281 e. The monoisotopic (exact) mass is 97.0 g/mol. The van der Waals surface area contributed by atoms with Gasteiger partial charge in [-0.1, -0.05) is 0 Å². The smallest absolute Gasteiger partial charge is 0.281 e. The minimum absolute atomic E-state index is 0.0787. The van der Waals surface area contributed by atoms with E-state index in [4.69, 9.17) is 5.11 Å². The predicted molar refractivity (Wildman–Crippen MR) is 24.8 cm³/mol. The second-order valence-electron chi connectivity index (χ2n) is 1.29. The van der Waals surface area contributed by atoms with Crippen molar-refractivity contribution in [1.29, 1.82) is 0 Å². The Bertz CT molecular complexity index is 138. The van der Waals surface area contributed by atoms with Crippen LogP contribution in [0.5, 0.6) is 5.95 Å². The zero-order valence-corrected chi connectivity index (χ0v) is 3.72. The van der Waals surface area contributed by atoms with Crippen LogP contribution < -0.4 is 0 Å². The lowest BCUT2D eigenvalue weighted by Crippen LogP contribution is -1.50. The summed E-state index contributed by atoms with van der Waals surface area (Å²) in [5.41, 5.74) is 0.692. The van der Waals surface area contributed by atoms with Gasteiger partial charge in [0.25, 0.3) is 5.95 Å². The molecule has 0 aromatic carbocycles. The van der Waals surface area contributed by atoms with Gasteiger partial charge in [-0.15, -0.1) is 0 Å². The van der Waals surface area contributed by atoms with Crippen molar-refractivity contribution in [3.8, 4) is 5.95 Å². The molecule has 2 nitrogen and oxygen atoms in total. The van der Waals surface area contributed by atoms with Gasteiger partial charge in [0.05, 0.1) is 6.26 Å². The van der Waals surface area contributed by atoms with Crippen molar-refractivity contribution in [2.45, 2.75) is 0 Å². The Kier molecular flexibility index (Phi) is 0.785. The van der Waals surface area contributed by atoms with Crippen LogP contribution >= 0.6 is 0 Å². The minimum atomic E-state index is -0.0787. The summed E-state index contributed by atoms with van der Waals surface area (Å²) < 4.78 is 4.46. The zero-order valence-electron chi connectivity index (χ0n) is 3.72. The molecule has 0 aliphatic heterocycles. The third-order valence-electron chi connectivity index (χ3n) is 0.640. The first-order chi connectivity index (χ1) is 3.29. The molecule has 7 heavy (non-hydrogen) atoms. The second-order valence-corrected chi connectivity index (χ2v) is 1.29. The Labute approximate surface area is 41.4 Å². The van der Waals surface area contributed by atoms with E-state index < -0.39 is 0 Å². The van der Waals surface area contributed by atoms with Gasteiger partial charge in [0.15, 0.2) is 0 Å². The summed E-state index contributed by atoms with van der Waals surface area (Å²) in [6.45, 7) is 3.49. The Hall–Kier alpha value is -0.920. The third-order valence-corrected chi connectivity index (χ3v) is 0.640. The first-order valence-corrected chi connectivity index (χ1v) is 1.88. The van der Waals surface area contributed by atoms with Crippen LogP contribution in [0, 0.1) is 6.92 Å². The minimum Gasteiger partial charge on any atom is -0.481 e. The molecule has 1 heterocycles. The molecule has 0 spiro atoms. The van der Waals surface area contributed by atoms with Gasteiger partial charge in [-0.3, -0.25) is 0 Å². The number of hydrogen-bond acceptors (Lipinski definition) is 2.